The minimum atomic E-state index is -0.0559. The summed E-state index contributed by atoms with van der Waals surface area (Å²) in [5.41, 5.74) is 1.96. The lowest BCUT2D eigenvalue weighted by atomic mass is 9.39. The van der Waals surface area contributed by atoms with Crippen molar-refractivity contribution in [2.75, 3.05) is 0 Å². The van der Waals surface area contributed by atoms with E-state index in [1.165, 1.54) is 24.8 Å². The maximum Gasteiger partial charge on any atom is 0.179 e. The van der Waals surface area contributed by atoms with Gasteiger partial charge in [-0.25, -0.2) is 0 Å². The van der Waals surface area contributed by atoms with Gasteiger partial charge in [0.1, 0.15) is 0 Å². The van der Waals surface area contributed by atoms with Crippen molar-refractivity contribution in [1.29, 1.82) is 0 Å². The molecule has 2 unspecified atom stereocenters. The Balaban J connectivity index is 1.75. The van der Waals surface area contributed by atoms with Gasteiger partial charge in [-0.1, -0.05) is 13.8 Å². The molecule has 4 aliphatic carbocycles. The number of Topliss-reactive ketones (excluding diaryl/α,β-unsaturated/α-hetero) is 1. The molecule has 0 N–H and O–H groups in total. The standard InChI is InChI=1S/C18H23BrOS/c1-11-4-13(21-15(11)19)14(20)18-7-12-5-16(2,9-18)8-17(3,6-12)10-18/h4,12H,5-10H2,1-3H3. The molecule has 0 aliphatic heterocycles. The smallest absolute Gasteiger partial charge is 0.179 e. The molecule has 0 aromatic carbocycles. The second kappa shape index (κ2) is 4.23. The normalized spacial score (nSPS) is 44.3. The summed E-state index contributed by atoms with van der Waals surface area (Å²) in [7, 11) is 0. The van der Waals surface area contributed by atoms with Crippen LogP contribution in [-0.4, -0.2) is 5.78 Å². The van der Waals surface area contributed by atoms with Gasteiger partial charge in [0.2, 0.25) is 0 Å². The van der Waals surface area contributed by atoms with Crippen LogP contribution >= 0.6 is 27.3 Å². The minimum Gasteiger partial charge on any atom is -0.293 e. The summed E-state index contributed by atoms with van der Waals surface area (Å²) in [6.45, 7) is 6.96. The Hall–Kier alpha value is -0.150. The number of halogens is 1. The number of hydrogen-bond donors (Lipinski definition) is 0. The van der Waals surface area contributed by atoms with E-state index in [0.29, 0.717) is 16.6 Å². The van der Waals surface area contributed by atoms with E-state index >= 15 is 0 Å². The van der Waals surface area contributed by atoms with Gasteiger partial charge in [0, 0.05) is 5.41 Å². The van der Waals surface area contributed by atoms with Gasteiger partial charge in [0.15, 0.2) is 5.78 Å². The second-order valence-corrected chi connectivity index (χ2v) is 11.2. The van der Waals surface area contributed by atoms with Gasteiger partial charge in [-0.05, 0) is 89.8 Å². The molecule has 0 spiro atoms. The lowest BCUT2D eigenvalue weighted by Crippen LogP contribution is -2.57. The molecule has 1 nitrogen and oxygen atoms in total. The Kier molecular flexibility index (Phi) is 2.91. The topological polar surface area (TPSA) is 17.1 Å². The number of ketones is 1. The lowest BCUT2D eigenvalue weighted by molar-refractivity contribution is -0.125. The maximum atomic E-state index is 13.3. The number of rotatable bonds is 2. The molecule has 0 radical (unpaired) electrons. The van der Waals surface area contributed by atoms with Crippen molar-refractivity contribution >= 4 is 33.0 Å². The Morgan fingerprint density at radius 2 is 1.81 bits per heavy atom. The molecule has 21 heavy (non-hydrogen) atoms. The van der Waals surface area contributed by atoms with E-state index in [-0.39, 0.29) is 5.41 Å². The number of hydrogen-bond acceptors (Lipinski definition) is 2. The van der Waals surface area contributed by atoms with Crippen LogP contribution < -0.4 is 0 Å². The first-order valence-corrected chi connectivity index (χ1v) is 9.64. The van der Waals surface area contributed by atoms with E-state index in [1.54, 1.807) is 11.3 Å². The third-order valence-electron chi connectivity index (χ3n) is 6.19. The van der Waals surface area contributed by atoms with E-state index in [4.69, 9.17) is 0 Å². The van der Waals surface area contributed by atoms with Gasteiger partial charge in [-0.3, -0.25) is 4.79 Å². The van der Waals surface area contributed by atoms with Crippen molar-refractivity contribution in [3.05, 3.63) is 20.3 Å². The maximum absolute atomic E-state index is 13.3. The Bertz CT molecular complexity index is 594. The second-order valence-electron chi connectivity index (χ2n) is 8.81. The summed E-state index contributed by atoms with van der Waals surface area (Å²) in [4.78, 5) is 14.3. The fraction of sp³-hybridized carbons (Fsp3) is 0.722. The molecule has 2 atom stereocenters. The molecule has 4 saturated carbocycles. The monoisotopic (exact) mass is 366 g/mol. The van der Waals surface area contributed by atoms with Crippen molar-refractivity contribution in [2.24, 2.45) is 22.2 Å². The average molecular weight is 367 g/mol. The molecule has 4 aliphatic rings. The first kappa shape index (κ1) is 14.4. The van der Waals surface area contributed by atoms with Crippen molar-refractivity contribution in [3.63, 3.8) is 0 Å². The van der Waals surface area contributed by atoms with Gasteiger partial charge in [0.05, 0.1) is 8.66 Å². The molecule has 0 amide bonds. The molecular formula is C18H23BrOS. The molecule has 1 aromatic rings. The van der Waals surface area contributed by atoms with E-state index in [0.717, 1.165) is 33.8 Å². The highest BCUT2D eigenvalue weighted by atomic mass is 79.9. The molecule has 5 rings (SSSR count). The van der Waals surface area contributed by atoms with E-state index in [1.807, 2.05) is 0 Å². The SMILES string of the molecule is Cc1cc(C(=O)C23CC4CC(C)(CC(C)(C4)C2)C3)sc1Br. The van der Waals surface area contributed by atoms with Crippen molar-refractivity contribution in [2.45, 2.75) is 59.3 Å². The fourth-order valence-electron chi connectivity index (χ4n) is 6.53. The highest BCUT2D eigenvalue weighted by molar-refractivity contribution is 9.11. The Morgan fingerprint density at radius 1 is 1.19 bits per heavy atom. The van der Waals surface area contributed by atoms with Gasteiger partial charge in [0.25, 0.3) is 0 Å². The van der Waals surface area contributed by atoms with Crippen LogP contribution in [-0.2, 0) is 0 Å². The van der Waals surface area contributed by atoms with Crippen molar-refractivity contribution in [3.8, 4) is 0 Å². The van der Waals surface area contributed by atoms with Gasteiger partial charge in [-0.15, -0.1) is 11.3 Å². The van der Waals surface area contributed by atoms with Crippen LogP contribution in [0.5, 0.6) is 0 Å². The highest BCUT2D eigenvalue weighted by Gasteiger charge is 2.62. The largest absolute Gasteiger partial charge is 0.293 e. The van der Waals surface area contributed by atoms with Crippen LogP contribution in [0.15, 0.2) is 9.85 Å². The summed E-state index contributed by atoms with van der Waals surface area (Å²) in [6, 6.07) is 2.10. The predicted molar refractivity (Wildman–Crippen MR) is 90.9 cm³/mol. The third kappa shape index (κ3) is 2.10. The Morgan fingerprint density at radius 3 is 2.29 bits per heavy atom. The summed E-state index contributed by atoms with van der Waals surface area (Å²) in [6.07, 6.45) is 7.43. The molecule has 0 saturated heterocycles. The van der Waals surface area contributed by atoms with Crippen LogP contribution in [0.2, 0.25) is 0 Å². The van der Waals surface area contributed by atoms with E-state index < -0.39 is 0 Å². The minimum absolute atomic E-state index is 0.0559. The molecular weight excluding hydrogens is 344 g/mol. The molecule has 4 bridgehead atoms. The molecule has 1 aromatic heterocycles. The first-order valence-electron chi connectivity index (χ1n) is 8.04. The predicted octanol–water partition coefficient (Wildman–Crippen LogP) is 6.00. The molecule has 114 valence electrons. The molecule has 3 heteroatoms. The number of carbonyl (C=O) groups is 1. The molecule has 4 fully saturated rings. The van der Waals surface area contributed by atoms with Gasteiger partial charge in [-0.2, -0.15) is 0 Å². The van der Waals surface area contributed by atoms with Crippen LogP contribution in [0.25, 0.3) is 0 Å². The van der Waals surface area contributed by atoms with Crippen molar-refractivity contribution < 1.29 is 4.79 Å². The average Bonchev–Trinajstić information content (AvgIpc) is 2.64. The molecule has 1 heterocycles. The summed E-state index contributed by atoms with van der Waals surface area (Å²) >= 11 is 5.22. The number of carbonyl (C=O) groups excluding carboxylic acids is 1. The summed E-state index contributed by atoms with van der Waals surface area (Å²) in [5, 5.41) is 0. The number of aryl methyl sites for hydroxylation is 1. The Labute approximate surface area is 139 Å². The fourth-order valence-corrected chi connectivity index (χ4v) is 8.13. The van der Waals surface area contributed by atoms with Gasteiger partial charge < -0.3 is 0 Å². The zero-order chi connectivity index (χ0) is 15.0. The quantitative estimate of drug-likeness (QED) is 0.586. The first-order chi connectivity index (χ1) is 9.73. The van der Waals surface area contributed by atoms with Crippen LogP contribution in [0.4, 0.5) is 0 Å². The number of thiophene rings is 1. The zero-order valence-electron chi connectivity index (χ0n) is 13.1. The highest BCUT2D eigenvalue weighted by Crippen LogP contribution is 2.70. The van der Waals surface area contributed by atoms with E-state index in [9.17, 15) is 4.79 Å². The van der Waals surface area contributed by atoms with Crippen molar-refractivity contribution in [1.82, 2.24) is 0 Å². The zero-order valence-corrected chi connectivity index (χ0v) is 15.5. The van der Waals surface area contributed by atoms with E-state index in [2.05, 4.69) is 42.8 Å². The third-order valence-corrected chi connectivity index (χ3v) is 8.32. The van der Waals surface area contributed by atoms with Gasteiger partial charge >= 0.3 is 0 Å². The van der Waals surface area contributed by atoms with Crippen LogP contribution in [0.1, 0.15) is 67.6 Å². The lowest BCUT2D eigenvalue weighted by Gasteiger charge is -2.64. The summed E-state index contributed by atoms with van der Waals surface area (Å²) in [5.74, 6) is 1.23. The van der Waals surface area contributed by atoms with Crippen LogP contribution in [0.3, 0.4) is 0 Å². The summed E-state index contributed by atoms with van der Waals surface area (Å²) < 4.78 is 1.12. The van der Waals surface area contributed by atoms with Crippen LogP contribution in [0, 0.1) is 29.1 Å².